The first-order valence-electron chi connectivity index (χ1n) is 2.32. The van der Waals surface area contributed by atoms with Crippen molar-refractivity contribution in [2.24, 2.45) is 0 Å². The summed E-state index contributed by atoms with van der Waals surface area (Å²) in [4.78, 5) is 6.91. The van der Waals surface area contributed by atoms with E-state index in [4.69, 9.17) is 6.57 Å². The molecule has 9 heavy (non-hydrogen) atoms. The fourth-order valence-corrected chi connectivity index (χ4v) is 0.778. The van der Waals surface area contributed by atoms with E-state index in [-0.39, 0.29) is 0 Å². The van der Waals surface area contributed by atoms with Crippen molar-refractivity contribution in [3.8, 4) is 0 Å². The first kappa shape index (κ1) is 6.24. The van der Waals surface area contributed by atoms with E-state index >= 15 is 0 Å². The molecule has 0 atom stereocenters. The number of rotatable bonds is 0. The van der Waals surface area contributed by atoms with Crippen molar-refractivity contribution >= 4 is 21.7 Å². The average Bonchev–Trinajstić information content (AvgIpc) is 1.88. The standard InChI is InChI=1S/C6H3BrN2/c1-8-6-4-5(7)2-3-9-6/h2-4H. The SMILES string of the molecule is [C-]#[N+]c1cc(Br)ccn1. The largest absolute Gasteiger partial charge is 0.361 e. The monoisotopic (exact) mass is 182 g/mol. The van der Waals surface area contributed by atoms with E-state index in [0.717, 1.165) is 4.47 Å². The van der Waals surface area contributed by atoms with Gasteiger partial charge in [0.25, 0.3) is 5.82 Å². The molecule has 2 nitrogen and oxygen atoms in total. The van der Waals surface area contributed by atoms with E-state index in [1.165, 1.54) is 0 Å². The van der Waals surface area contributed by atoms with Gasteiger partial charge < -0.3 is 4.85 Å². The van der Waals surface area contributed by atoms with Crippen LogP contribution >= 0.6 is 15.9 Å². The lowest BCUT2D eigenvalue weighted by Gasteiger charge is -1.85. The van der Waals surface area contributed by atoms with Crippen molar-refractivity contribution in [1.29, 1.82) is 0 Å². The van der Waals surface area contributed by atoms with Gasteiger partial charge in [0.1, 0.15) is 6.20 Å². The summed E-state index contributed by atoms with van der Waals surface area (Å²) in [6.45, 7) is 6.58. The van der Waals surface area contributed by atoms with Crippen LogP contribution in [0.4, 0.5) is 5.82 Å². The Labute approximate surface area is 61.5 Å². The lowest BCUT2D eigenvalue weighted by Crippen LogP contribution is -1.68. The smallest absolute Gasteiger partial charge is 0.270 e. The third-order valence-corrected chi connectivity index (χ3v) is 1.32. The quantitative estimate of drug-likeness (QED) is 0.564. The van der Waals surface area contributed by atoms with Gasteiger partial charge in [-0.3, -0.25) is 0 Å². The van der Waals surface area contributed by atoms with Crippen molar-refractivity contribution in [3.63, 3.8) is 0 Å². The Balaban J connectivity index is 3.12. The molecule has 0 spiro atoms. The molecule has 1 aromatic rings. The summed E-state index contributed by atoms with van der Waals surface area (Å²) in [7, 11) is 0. The number of aromatic nitrogens is 1. The number of hydrogen-bond acceptors (Lipinski definition) is 1. The highest BCUT2D eigenvalue weighted by Crippen LogP contribution is 2.14. The molecule has 0 fully saturated rings. The zero-order chi connectivity index (χ0) is 6.69. The Morgan fingerprint density at radius 3 is 2.89 bits per heavy atom. The number of halogens is 1. The number of nitrogens with zero attached hydrogens (tertiary/aromatic N) is 2. The van der Waals surface area contributed by atoms with Crippen LogP contribution in [0.15, 0.2) is 22.8 Å². The highest BCUT2D eigenvalue weighted by Gasteiger charge is 1.90. The van der Waals surface area contributed by atoms with Crippen LogP contribution in [0.1, 0.15) is 0 Å². The van der Waals surface area contributed by atoms with E-state index in [1.807, 2.05) is 0 Å². The second-order valence-corrected chi connectivity index (χ2v) is 2.36. The molecular formula is C6H3BrN2. The molecule has 1 aromatic heterocycles. The van der Waals surface area contributed by atoms with Crippen LogP contribution in [0.2, 0.25) is 0 Å². The zero-order valence-corrected chi connectivity index (χ0v) is 6.09. The molecule has 0 unspecified atom stereocenters. The summed E-state index contributed by atoms with van der Waals surface area (Å²) in [5.41, 5.74) is 0. The second kappa shape index (κ2) is 2.60. The summed E-state index contributed by atoms with van der Waals surface area (Å²) in [6.07, 6.45) is 1.59. The minimum atomic E-state index is 0.421. The minimum absolute atomic E-state index is 0.421. The maximum absolute atomic E-state index is 6.58. The fraction of sp³-hybridized carbons (Fsp3) is 0. The normalized spacial score (nSPS) is 8.44. The minimum Gasteiger partial charge on any atom is -0.361 e. The lowest BCUT2D eigenvalue weighted by molar-refractivity contribution is 1.34. The van der Waals surface area contributed by atoms with E-state index in [1.54, 1.807) is 18.3 Å². The Morgan fingerprint density at radius 2 is 2.44 bits per heavy atom. The van der Waals surface area contributed by atoms with Crippen molar-refractivity contribution in [1.82, 2.24) is 4.98 Å². The van der Waals surface area contributed by atoms with Crippen molar-refractivity contribution in [2.75, 3.05) is 0 Å². The molecule has 44 valence electrons. The summed E-state index contributed by atoms with van der Waals surface area (Å²) in [5, 5.41) is 0. The molecule has 0 aromatic carbocycles. The average molecular weight is 183 g/mol. The third kappa shape index (κ3) is 1.51. The number of hydrogen-bond donors (Lipinski definition) is 0. The molecule has 1 heterocycles. The second-order valence-electron chi connectivity index (χ2n) is 1.44. The summed E-state index contributed by atoms with van der Waals surface area (Å²) >= 11 is 3.22. The number of pyridine rings is 1. The van der Waals surface area contributed by atoms with Gasteiger partial charge in [-0.1, -0.05) is 22.5 Å². The van der Waals surface area contributed by atoms with E-state index in [9.17, 15) is 0 Å². The van der Waals surface area contributed by atoms with Crippen LogP contribution in [0.3, 0.4) is 0 Å². The first-order valence-corrected chi connectivity index (χ1v) is 3.11. The molecule has 0 saturated carbocycles. The highest BCUT2D eigenvalue weighted by molar-refractivity contribution is 9.10. The van der Waals surface area contributed by atoms with Gasteiger partial charge in [0, 0.05) is 4.47 Å². The van der Waals surface area contributed by atoms with Gasteiger partial charge in [-0.05, 0) is 12.1 Å². The Morgan fingerprint density at radius 1 is 1.67 bits per heavy atom. The van der Waals surface area contributed by atoms with Gasteiger partial charge in [0.05, 0.1) is 0 Å². The van der Waals surface area contributed by atoms with Crippen LogP contribution in [0.5, 0.6) is 0 Å². The van der Waals surface area contributed by atoms with Crippen LogP contribution in [-0.4, -0.2) is 4.98 Å². The Kier molecular flexibility index (Phi) is 1.81. The summed E-state index contributed by atoms with van der Waals surface area (Å²) in [5.74, 6) is 0.421. The third-order valence-electron chi connectivity index (χ3n) is 0.822. The molecule has 0 N–H and O–H groups in total. The molecule has 0 aliphatic rings. The fourth-order valence-electron chi connectivity index (χ4n) is 0.455. The van der Waals surface area contributed by atoms with Crippen molar-refractivity contribution in [2.45, 2.75) is 0 Å². The van der Waals surface area contributed by atoms with Crippen LogP contribution < -0.4 is 0 Å². The molecule has 0 aliphatic carbocycles. The van der Waals surface area contributed by atoms with Crippen LogP contribution in [0.25, 0.3) is 4.85 Å². The van der Waals surface area contributed by atoms with E-state index in [2.05, 4.69) is 25.8 Å². The Bertz CT molecular complexity index is 251. The zero-order valence-electron chi connectivity index (χ0n) is 4.50. The van der Waals surface area contributed by atoms with Crippen LogP contribution in [-0.2, 0) is 0 Å². The van der Waals surface area contributed by atoms with Crippen molar-refractivity contribution in [3.05, 3.63) is 34.2 Å². The van der Waals surface area contributed by atoms with Gasteiger partial charge in [0.15, 0.2) is 0 Å². The van der Waals surface area contributed by atoms with Gasteiger partial charge >= 0.3 is 0 Å². The molecule has 0 radical (unpaired) electrons. The maximum Gasteiger partial charge on any atom is 0.270 e. The first-order chi connectivity index (χ1) is 4.33. The molecule has 1 rings (SSSR count). The predicted octanol–water partition coefficient (Wildman–Crippen LogP) is 2.39. The van der Waals surface area contributed by atoms with Crippen molar-refractivity contribution < 1.29 is 0 Å². The molecule has 0 amide bonds. The molecule has 0 aliphatic heterocycles. The molecule has 0 bridgehead atoms. The van der Waals surface area contributed by atoms with E-state index in [0.29, 0.717) is 5.82 Å². The molecular weight excluding hydrogens is 180 g/mol. The maximum atomic E-state index is 6.58. The predicted molar refractivity (Wildman–Crippen MR) is 38.2 cm³/mol. The van der Waals surface area contributed by atoms with Gasteiger partial charge in [0.2, 0.25) is 0 Å². The summed E-state index contributed by atoms with van der Waals surface area (Å²) < 4.78 is 0.892. The van der Waals surface area contributed by atoms with Crippen LogP contribution in [0, 0.1) is 6.57 Å². The van der Waals surface area contributed by atoms with Gasteiger partial charge in [-0.15, -0.1) is 4.98 Å². The summed E-state index contributed by atoms with van der Waals surface area (Å²) in [6, 6.07) is 3.46. The topological polar surface area (TPSA) is 17.2 Å². The molecule has 3 heteroatoms. The Hall–Kier alpha value is -0.880. The highest BCUT2D eigenvalue weighted by atomic mass is 79.9. The van der Waals surface area contributed by atoms with Gasteiger partial charge in [-0.2, -0.15) is 0 Å². The van der Waals surface area contributed by atoms with E-state index < -0.39 is 0 Å². The molecule has 0 saturated heterocycles. The van der Waals surface area contributed by atoms with Gasteiger partial charge in [-0.25, -0.2) is 0 Å². The lowest BCUT2D eigenvalue weighted by atomic mass is 10.5.